The number of hydrogen-bond donors (Lipinski definition) is 2. The fourth-order valence-electron chi connectivity index (χ4n) is 1.28. The van der Waals surface area contributed by atoms with Crippen molar-refractivity contribution in [2.24, 2.45) is 0 Å². The Morgan fingerprint density at radius 1 is 1.41 bits per heavy atom. The number of aliphatic hydroxyl groups excluding tert-OH is 1. The van der Waals surface area contributed by atoms with Crippen LogP contribution in [-0.4, -0.2) is 30.1 Å². The van der Waals surface area contributed by atoms with Crippen LogP contribution < -0.4 is 5.32 Å². The van der Waals surface area contributed by atoms with Crippen LogP contribution in [0.1, 0.15) is 13.3 Å². The summed E-state index contributed by atoms with van der Waals surface area (Å²) in [5.74, 6) is -0.778. The highest BCUT2D eigenvalue weighted by atomic mass is 32.2. The molecular formula is C12H17F2NOS. The smallest absolute Gasteiger partial charge is 0.139 e. The summed E-state index contributed by atoms with van der Waals surface area (Å²) in [4.78, 5) is 0.362. The van der Waals surface area contributed by atoms with Gasteiger partial charge in [-0.2, -0.15) is 0 Å². The van der Waals surface area contributed by atoms with Crippen LogP contribution >= 0.6 is 11.8 Å². The second-order valence-electron chi connectivity index (χ2n) is 3.74. The Balaban J connectivity index is 2.34. The van der Waals surface area contributed by atoms with Crippen molar-refractivity contribution in [3.05, 3.63) is 29.8 Å². The quantitative estimate of drug-likeness (QED) is 0.584. The molecule has 1 atom stereocenters. The molecule has 2 nitrogen and oxygen atoms in total. The van der Waals surface area contributed by atoms with Gasteiger partial charge in [-0.25, -0.2) is 8.78 Å². The van der Waals surface area contributed by atoms with E-state index in [1.807, 2.05) is 6.92 Å². The molecule has 0 saturated heterocycles. The number of rotatable bonds is 7. The van der Waals surface area contributed by atoms with Gasteiger partial charge in [0.1, 0.15) is 11.6 Å². The van der Waals surface area contributed by atoms with Crippen molar-refractivity contribution < 1.29 is 13.9 Å². The van der Waals surface area contributed by atoms with Crippen LogP contribution in [0.3, 0.4) is 0 Å². The number of nitrogens with one attached hydrogen (secondary N) is 1. The van der Waals surface area contributed by atoms with Crippen LogP contribution in [-0.2, 0) is 0 Å². The van der Waals surface area contributed by atoms with Crippen LogP contribution in [0.4, 0.5) is 8.78 Å². The predicted octanol–water partition coefficient (Wildman–Crippen LogP) is 2.42. The molecule has 5 heteroatoms. The van der Waals surface area contributed by atoms with Gasteiger partial charge in [0.2, 0.25) is 0 Å². The molecule has 1 aromatic rings. The van der Waals surface area contributed by atoms with Crippen LogP contribution in [0.15, 0.2) is 23.1 Å². The molecule has 0 aromatic heterocycles. The summed E-state index contributed by atoms with van der Waals surface area (Å²) >= 11 is 1.19. The van der Waals surface area contributed by atoms with Gasteiger partial charge >= 0.3 is 0 Å². The molecule has 0 aliphatic rings. The molecule has 96 valence electrons. The van der Waals surface area contributed by atoms with E-state index in [0.717, 1.165) is 19.0 Å². The highest BCUT2D eigenvalue weighted by Crippen LogP contribution is 2.22. The second kappa shape index (κ2) is 7.63. The molecule has 17 heavy (non-hydrogen) atoms. The second-order valence-corrected chi connectivity index (χ2v) is 4.81. The zero-order valence-corrected chi connectivity index (χ0v) is 10.6. The lowest BCUT2D eigenvalue weighted by molar-refractivity contribution is 0.196. The van der Waals surface area contributed by atoms with Crippen molar-refractivity contribution in [3.8, 4) is 0 Å². The standard InChI is InChI=1S/C12H17F2NOS/c1-2-5-15-7-10(16)8-17-12-4-3-9(13)6-11(12)14/h3-4,6,10,15-16H,2,5,7-8H2,1H3. The summed E-state index contributed by atoms with van der Waals surface area (Å²) in [5, 5.41) is 12.7. The molecule has 0 amide bonds. The third-order valence-electron chi connectivity index (χ3n) is 2.13. The van der Waals surface area contributed by atoms with E-state index in [4.69, 9.17) is 0 Å². The number of hydrogen-bond acceptors (Lipinski definition) is 3. The Morgan fingerprint density at radius 3 is 2.82 bits per heavy atom. The molecule has 0 saturated carbocycles. The van der Waals surface area contributed by atoms with Crippen molar-refractivity contribution in [3.63, 3.8) is 0 Å². The van der Waals surface area contributed by atoms with E-state index in [9.17, 15) is 13.9 Å². The molecule has 0 spiro atoms. The minimum Gasteiger partial charge on any atom is -0.391 e. The highest BCUT2D eigenvalue weighted by molar-refractivity contribution is 7.99. The maximum absolute atomic E-state index is 13.2. The van der Waals surface area contributed by atoms with Crippen LogP contribution in [0.2, 0.25) is 0 Å². The van der Waals surface area contributed by atoms with Crippen molar-refractivity contribution in [2.75, 3.05) is 18.8 Å². The molecule has 0 radical (unpaired) electrons. The molecule has 2 N–H and O–H groups in total. The van der Waals surface area contributed by atoms with E-state index in [0.29, 0.717) is 17.2 Å². The Hall–Kier alpha value is -0.650. The van der Waals surface area contributed by atoms with E-state index in [-0.39, 0.29) is 0 Å². The summed E-state index contributed by atoms with van der Waals surface area (Å²) in [6.45, 7) is 3.39. The first-order valence-electron chi connectivity index (χ1n) is 5.60. The number of halogens is 2. The Labute approximate surface area is 104 Å². The van der Waals surface area contributed by atoms with Gasteiger partial charge in [-0.05, 0) is 25.1 Å². The predicted molar refractivity (Wildman–Crippen MR) is 66.2 cm³/mol. The van der Waals surface area contributed by atoms with Crippen molar-refractivity contribution in [1.29, 1.82) is 0 Å². The Kier molecular flexibility index (Phi) is 6.47. The van der Waals surface area contributed by atoms with Gasteiger partial charge < -0.3 is 10.4 Å². The maximum atomic E-state index is 13.2. The average Bonchev–Trinajstić information content (AvgIpc) is 2.28. The summed E-state index contributed by atoms with van der Waals surface area (Å²) in [6.07, 6.45) is 0.475. The van der Waals surface area contributed by atoms with E-state index in [1.54, 1.807) is 0 Å². The minimum atomic E-state index is -0.586. The Morgan fingerprint density at radius 2 is 2.18 bits per heavy atom. The zero-order chi connectivity index (χ0) is 12.7. The number of thioether (sulfide) groups is 1. The molecule has 0 aliphatic carbocycles. The summed E-state index contributed by atoms with van der Waals surface area (Å²) in [5.41, 5.74) is 0. The number of benzene rings is 1. The van der Waals surface area contributed by atoms with Gasteiger partial charge in [0.05, 0.1) is 6.10 Å². The van der Waals surface area contributed by atoms with Gasteiger partial charge in [-0.3, -0.25) is 0 Å². The monoisotopic (exact) mass is 261 g/mol. The molecular weight excluding hydrogens is 244 g/mol. The van der Waals surface area contributed by atoms with E-state index < -0.39 is 17.7 Å². The van der Waals surface area contributed by atoms with Gasteiger partial charge in [0.25, 0.3) is 0 Å². The van der Waals surface area contributed by atoms with Crippen LogP contribution in [0.25, 0.3) is 0 Å². The molecule has 1 rings (SSSR count). The molecule has 0 fully saturated rings. The summed E-state index contributed by atoms with van der Waals surface area (Å²) in [6, 6.07) is 3.46. The van der Waals surface area contributed by atoms with E-state index in [1.165, 1.54) is 23.9 Å². The largest absolute Gasteiger partial charge is 0.391 e. The minimum absolute atomic E-state index is 0.362. The first-order chi connectivity index (χ1) is 8.13. The fourth-order valence-corrected chi connectivity index (χ4v) is 2.13. The van der Waals surface area contributed by atoms with Crippen molar-refractivity contribution in [2.45, 2.75) is 24.3 Å². The highest BCUT2D eigenvalue weighted by Gasteiger charge is 2.08. The third kappa shape index (κ3) is 5.48. The van der Waals surface area contributed by atoms with E-state index >= 15 is 0 Å². The van der Waals surface area contributed by atoms with Gasteiger partial charge in [0, 0.05) is 23.3 Å². The molecule has 1 unspecified atom stereocenters. The fraction of sp³-hybridized carbons (Fsp3) is 0.500. The topological polar surface area (TPSA) is 32.3 Å². The lowest BCUT2D eigenvalue weighted by Gasteiger charge is -2.11. The molecule has 0 aliphatic heterocycles. The molecule has 0 bridgehead atoms. The maximum Gasteiger partial charge on any atom is 0.139 e. The first kappa shape index (κ1) is 14.4. The lowest BCUT2D eigenvalue weighted by atomic mass is 10.3. The van der Waals surface area contributed by atoms with Gasteiger partial charge in [-0.1, -0.05) is 6.92 Å². The molecule has 0 heterocycles. The first-order valence-corrected chi connectivity index (χ1v) is 6.58. The van der Waals surface area contributed by atoms with Gasteiger partial charge in [0.15, 0.2) is 0 Å². The van der Waals surface area contributed by atoms with Gasteiger partial charge in [-0.15, -0.1) is 11.8 Å². The van der Waals surface area contributed by atoms with Crippen LogP contribution in [0.5, 0.6) is 0 Å². The average molecular weight is 261 g/mol. The normalized spacial score (nSPS) is 12.7. The third-order valence-corrected chi connectivity index (χ3v) is 3.33. The van der Waals surface area contributed by atoms with Crippen molar-refractivity contribution in [1.82, 2.24) is 5.32 Å². The number of aliphatic hydroxyl groups is 1. The Bertz CT molecular complexity index is 349. The lowest BCUT2D eigenvalue weighted by Crippen LogP contribution is -2.28. The summed E-state index contributed by atoms with van der Waals surface area (Å²) in [7, 11) is 0. The van der Waals surface area contributed by atoms with E-state index in [2.05, 4.69) is 5.32 Å². The van der Waals surface area contributed by atoms with Crippen molar-refractivity contribution >= 4 is 11.8 Å². The SMILES string of the molecule is CCCNCC(O)CSc1ccc(F)cc1F. The summed E-state index contributed by atoms with van der Waals surface area (Å²) < 4.78 is 25.9. The molecule has 1 aromatic carbocycles. The zero-order valence-electron chi connectivity index (χ0n) is 9.75. The van der Waals surface area contributed by atoms with Crippen LogP contribution in [0, 0.1) is 11.6 Å².